The Morgan fingerprint density at radius 3 is 2.27 bits per heavy atom. The SMILES string of the molecule is CNCC(C(C)C)N(C)C(C)CCSC. The number of nitrogens with one attached hydrogen (secondary N) is 1. The van der Waals surface area contributed by atoms with E-state index in [0.29, 0.717) is 18.0 Å². The average Bonchev–Trinajstić information content (AvgIpc) is 2.21. The van der Waals surface area contributed by atoms with Crippen molar-refractivity contribution in [3.63, 3.8) is 0 Å². The van der Waals surface area contributed by atoms with E-state index in [1.807, 2.05) is 18.8 Å². The summed E-state index contributed by atoms with van der Waals surface area (Å²) in [6.45, 7) is 8.03. The summed E-state index contributed by atoms with van der Waals surface area (Å²) in [5.74, 6) is 1.97. The third kappa shape index (κ3) is 5.79. The molecule has 0 heterocycles. The monoisotopic (exact) mass is 232 g/mol. The number of likely N-dealkylation sites (N-methyl/N-ethyl adjacent to an activating group) is 2. The Labute approximate surface area is 100 Å². The molecule has 0 rings (SSSR count). The van der Waals surface area contributed by atoms with E-state index in [1.54, 1.807) is 0 Å². The Morgan fingerprint density at radius 1 is 1.27 bits per heavy atom. The van der Waals surface area contributed by atoms with E-state index in [-0.39, 0.29) is 0 Å². The van der Waals surface area contributed by atoms with Crippen LogP contribution in [0.1, 0.15) is 27.2 Å². The topological polar surface area (TPSA) is 15.3 Å². The van der Waals surface area contributed by atoms with Crippen molar-refractivity contribution < 1.29 is 0 Å². The fourth-order valence-electron chi connectivity index (χ4n) is 1.88. The number of hydrogen-bond donors (Lipinski definition) is 1. The first-order chi connectivity index (χ1) is 7.04. The molecule has 0 aromatic heterocycles. The van der Waals surface area contributed by atoms with Gasteiger partial charge in [0, 0.05) is 18.6 Å². The molecular weight excluding hydrogens is 204 g/mol. The van der Waals surface area contributed by atoms with E-state index in [9.17, 15) is 0 Å². The minimum absolute atomic E-state index is 0.645. The first-order valence-electron chi connectivity index (χ1n) is 5.90. The van der Waals surface area contributed by atoms with Gasteiger partial charge >= 0.3 is 0 Å². The van der Waals surface area contributed by atoms with Gasteiger partial charge in [0.15, 0.2) is 0 Å². The molecule has 92 valence electrons. The van der Waals surface area contributed by atoms with Gasteiger partial charge in [0.2, 0.25) is 0 Å². The molecule has 0 fully saturated rings. The van der Waals surface area contributed by atoms with Crippen molar-refractivity contribution in [2.75, 3.05) is 32.6 Å². The van der Waals surface area contributed by atoms with E-state index >= 15 is 0 Å². The molecule has 2 unspecified atom stereocenters. The van der Waals surface area contributed by atoms with Gasteiger partial charge in [-0.2, -0.15) is 11.8 Å². The Balaban J connectivity index is 4.15. The summed E-state index contributed by atoms with van der Waals surface area (Å²) >= 11 is 1.94. The van der Waals surface area contributed by atoms with Gasteiger partial charge in [-0.15, -0.1) is 0 Å². The van der Waals surface area contributed by atoms with Crippen LogP contribution in [0.25, 0.3) is 0 Å². The molecule has 3 heteroatoms. The van der Waals surface area contributed by atoms with E-state index in [2.05, 4.69) is 44.3 Å². The number of rotatable bonds is 8. The Kier molecular flexibility index (Phi) is 8.58. The molecule has 2 nitrogen and oxygen atoms in total. The maximum absolute atomic E-state index is 3.29. The van der Waals surface area contributed by atoms with Gasteiger partial charge in [-0.3, -0.25) is 4.90 Å². The lowest BCUT2D eigenvalue weighted by molar-refractivity contribution is 0.141. The second kappa shape index (κ2) is 8.43. The summed E-state index contributed by atoms with van der Waals surface area (Å²) in [5.41, 5.74) is 0. The van der Waals surface area contributed by atoms with Crippen LogP contribution < -0.4 is 5.32 Å². The van der Waals surface area contributed by atoms with Crippen LogP contribution in [0, 0.1) is 5.92 Å². The van der Waals surface area contributed by atoms with Gasteiger partial charge in [-0.25, -0.2) is 0 Å². The van der Waals surface area contributed by atoms with Crippen LogP contribution >= 0.6 is 11.8 Å². The molecule has 0 bridgehead atoms. The zero-order valence-electron chi connectivity index (χ0n) is 11.2. The molecule has 0 spiro atoms. The smallest absolute Gasteiger partial charge is 0.0243 e. The highest BCUT2D eigenvalue weighted by atomic mass is 32.2. The lowest BCUT2D eigenvalue weighted by Crippen LogP contribution is -2.47. The Bertz CT molecular complexity index is 151. The minimum Gasteiger partial charge on any atom is -0.318 e. The summed E-state index contributed by atoms with van der Waals surface area (Å²) in [5, 5.41) is 3.29. The first kappa shape index (κ1) is 15.3. The third-order valence-corrected chi connectivity index (χ3v) is 3.78. The molecular formula is C12H28N2S. The molecule has 0 aliphatic carbocycles. The minimum atomic E-state index is 0.645. The Hall–Kier alpha value is 0.270. The molecule has 15 heavy (non-hydrogen) atoms. The van der Waals surface area contributed by atoms with E-state index in [0.717, 1.165) is 6.54 Å². The average molecular weight is 232 g/mol. The van der Waals surface area contributed by atoms with Crippen LogP contribution in [0.5, 0.6) is 0 Å². The summed E-state index contributed by atoms with van der Waals surface area (Å²) in [7, 11) is 4.29. The van der Waals surface area contributed by atoms with E-state index < -0.39 is 0 Å². The van der Waals surface area contributed by atoms with Crippen molar-refractivity contribution in [1.29, 1.82) is 0 Å². The highest BCUT2D eigenvalue weighted by molar-refractivity contribution is 7.98. The van der Waals surface area contributed by atoms with Gasteiger partial charge in [0.05, 0.1) is 0 Å². The largest absolute Gasteiger partial charge is 0.318 e. The summed E-state index contributed by atoms with van der Waals surface area (Å²) in [6.07, 6.45) is 3.46. The van der Waals surface area contributed by atoms with Gasteiger partial charge < -0.3 is 5.32 Å². The third-order valence-electron chi connectivity index (χ3n) is 3.14. The molecule has 2 atom stereocenters. The predicted octanol–water partition coefficient (Wildman–Crippen LogP) is 2.30. The zero-order valence-corrected chi connectivity index (χ0v) is 12.0. The van der Waals surface area contributed by atoms with Crippen LogP contribution in [0.4, 0.5) is 0 Å². The van der Waals surface area contributed by atoms with Gasteiger partial charge in [0.1, 0.15) is 0 Å². The summed E-state index contributed by atoms with van der Waals surface area (Å²) in [6, 6.07) is 1.32. The maximum atomic E-state index is 3.29. The quantitative estimate of drug-likeness (QED) is 0.691. The van der Waals surface area contributed by atoms with Crippen molar-refractivity contribution in [2.45, 2.75) is 39.3 Å². The second-order valence-corrected chi connectivity index (χ2v) is 5.65. The number of thioether (sulfide) groups is 1. The molecule has 0 aromatic carbocycles. The molecule has 0 saturated heterocycles. The van der Waals surface area contributed by atoms with Crippen molar-refractivity contribution in [3.8, 4) is 0 Å². The van der Waals surface area contributed by atoms with Crippen molar-refractivity contribution in [1.82, 2.24) is 10.2 Å². The van der Waals surface area contributed by atoms with Crippen molar-refractivity contribution in [3.05, 3.63) is 0 Å². The van der Waals surface area contributed by atoms with Gasteiger partial charge in [-0.05, 0) is 45.4 Å². The van der Waals surface area contributed by atoms with Gasteiger partial charge in [-0.1, -0.05) is 13.8 Å². The van der Waals surface area contributed by atoms with Crippen LogP contribution in [-0.4, -0.2) is 49.6 Å². The molecule has 0 aliphatic heterocycles. The molecule has 0 saturated carbocycles. The zero-order chi connectivity index (χ0) is 11.8. The highest BCUT2D eigenvalue weighted by Gasteiger charge is 2.21. The van der Waals surface area contributed by atoms with Crippen LogP contribution in [0.15, 0.2) is 0 Å². The predicted molar refractivity (Wildman–Crippen MR) is 72.8 cm³/mol. The second-order valence-electron chi connectivity index (χ2n) is 4.67. The van der Waals surface area contributed by atoms with Gasteiger partial charge in [0.25, 0.3) is 0 Å². The standard InChI is InChI=1S/C12H28N2S/c1-10(2)12(9-13-4)14(5)11(3)7-8-15-6/h10-13H,7-9H2,1-6H3. The maximum Gasteiger partial charge on any atom is 0.0243 e. The fourth-order valence-corrected chi connectivity index (χ4v) is 2.45. The first-order valence-corrected chi connectivity index (χ1v) is 7.29. The number of hydrogen-bond acceptors (Lipinski definition) is 3. The van der Waals surface area contributed by atoms with Crippen LogP contribution in [0.3, 0.4) is 0 Å². The van der Waals surface area contributed by atoms with Crippen LogP contribution in [0.2, 0.25) is 0 Å². The van der Waals surface area contributed by atoms with Crippen molar-refractivity contribution >= 4 is 11.8 Å². The molecule has 0 aliphatic rings. The number of nitrogens with zero attached hydrogens (tertiary/aromatic N) is 1. The lowest BCUT2D eigenvalue weighted by Gasteiger charge is -2.35. The van der Waals surface area contributed by atoms with E-state index in [4.69, 9.17) is 0 Å². The molecule has 0 radical (unpaired) electrons. The summed E-state index contributed by atoms with van der Waals surface area (Å²) in [4.78, 5) is 2.53. The molecule has 0 aromatic rings. The molecule has 0 amide bonds. The Morgan fingerprint density at radius 2 is 1.87 bits per heavy atom. The van der Waals surface area contributed by atoms with E-state index in [1.165, 1.54) is 12.2 Å². The van der Waals surface area contributed by atoms with Crippen LogP contribution in [-0.2, 0) is 0 Å². The summed E-state index contributed by atoms with van der Waals surface area (Å²) < 4.78 is 0. The fraction of sp³-hybridized carbons (Fsp3) is 1.00. The molecule has 1 N–H and O–H groups in total. The lowest BCUT2D eigenvalue weighted by atomic mass is 10.0. The normalized spacial score (nSPS) is 16.0. The van der Waals surface area contributed by atoms with Crippen molar-refractivity contribution in [2.24, 2.45) is 5.92 Å². The highest BCUT2D eigenvalue weighted by Crippen LogP contribution is 2.14.